The lowest BCUT2D eigenvalue weighted by Crippen LogP contribution is -2.55. The van der Waals surface area contributed by atoms with Gasteiger partial charge in [0.2, 0.25) is 5.91 Å². The Bertz CT molecular complexity index is 487. The first kappa shape index (κ1) is 11.2. The zero-order valence-corrected chi connectivity index (χ0v) is 10.7. The van der Waals surface area contributed by atoms with Crippen molar-refractivity contribution in [2.75, 3.05) is 0 Å². The van der Waals surface area contributed by atoms with Crippen molar-refractivity contribution in [3.63, 3.8) is 0 Å². The molecule has 2 fully saturated rings. The van der Waals surface area contributed by atoms with Crippen LogP contribution in [-0.4, -0.2) is 11.6 Å². The molecule has 2 aliphatic rings. The van der Waals surface area contributed by atoms with Crippen LogP contribution < -0.4 is 10.6 Å². The molecule has 1 saturated carbocycles. The Morgan fingerprint density at radius 1 is 1.41 bits per heavy atom. The molecule has 5 heteroatoms. The summed E-state index contributed by atoms with van der Waals surface area (Å²) in [4.78, 5) is 11.9. The van der Waals surface area contributed by atoms with Crippen molar-refractivity contribution < 1.29 is 9.18 Å². The number of rotatable bonds is 1. The Kier molecular flexibility index (Phi) is 2.48. The van der Waals surface area contributed by atoms with Crippen LogP contribution in [0.15, 0.2) is 22.7 Å². The molecule has 1 heterocycles. The fourth-order valence-electron chi connectivity index (χ4n) is 2.44. The zero-order valence-electron chi connectivity index (χ0n) is 9.09. The van der Waals surface area contributed by atoms with Gasteiger partial charge in [-0.2, -0.15) is 0 Å². The Morgan fingerprint density at radius 3 is 2.76 bits per heavy atom. The normalized spacial score (nSPS) is 25.8. The van der Waals surface area contributed by atoms with Crippen LogP contribution >= 0.6 is 15.9 Å². The van der Waals surface area contributed by atoms with E-state index in [1.165, 1.54) is 6.07 Å². The van der Waals surface area contributed by atoms with Gasteiger partial charge in [0.1, 0.15) is 11.9 Å². The number of carbonyl (C=O) groups excluding carboxylic acids is 1. The second-order valence-corrected chi connectivity index (χ2v) is 5.58. The lowest BCUT2D eigenvalue weighted by molar-refractivity contribution is -0.121. The highest BCUT2D eigenvalue weighted by Gasteiger charge is 2.48. The van der Waals surface area contributed by atoms with Crippen molar-refractivity contribution in [1.29, 1.82) is 0 Å². The molecule has 1 aliphatic heterocycles. The minimum Gasteiger partial charge on any atom is -0.336 e. The molecule has 1 atom stereocenters. The predicted octanol–water partition coefficient (Wildman–Crippen LogP) is 2.23. The van der Waals surface area contributed by atoms with E-state index in [0.717, 1.165) is 23.7 Å². The van der Waals surface area contributed by atoms with Crippen molar-refractivity contribution in [1.82, 2.24) is 10.6 Å². The molecule has 3 rings (SSSR count). The van der Waals surface area contributed by atoms with Gasteiger partial charge in [0.15, 0.2) is 0 Å². The first-order chi connectivity index (χ1) is 8.10. The standard InChI is InChI=1S/C12H12BrFN2O/c13-7-2-3-9(14)8(6-7)10-11(17)16-12(15-10)4-1-5-12/h2-3,6,10,15H,1,4-5H2,(H,16,17). The van der Waals surface area contributed by atoms with Gasteiger partial charge in [0.05, 0.1) is 5.66 Å². The lowest BCUT2D eigenvalue weighted by atomic mass is 9.85. The first-order valence-corrected chi connectivity index (χ1v) is 6.44. The molecule has 1 spiro atoms. The minimum absolute atomic E-state index is 0.137. The number of halogens is 2. The smallest absolute Gasteiger partial charge is 0.243 e. The highest BCUT2D eigenvalue weighted by Crippen LogP contribution is 2.37. The van der Waals surface area contributed by atoms with Crippen molar-refractivity contribution in [3.8, 4) is 0 Å². The lowest BCUT2D eigenvalue weighted by Gasteiger charge is -2.38. The molecule has 1 aromatic carbocycles. The Hall–Kier alpha value is -0.940. The third-order valence-corrected chi connectivity index (χ3v) is 4.01. The van der Waals surface area contributed by atoms with E-state index in [1.54, 1.807) is 12.1 Å². The predicted molar refractivity (Wildman–Crippen MR) is 64.7 cm³/mol. The van der Waals surface area contributed by atoms with E-state index >= 15 is 0 Å². The summed E-state index contributed by atoms with van der Waals surface area (Å²) in [6.45, 7) is 0. The van der Waals surface area contributed by atoms with Crippen LogP contribution in [0.25, 0.3) is 0 Å². The largest absolute Gasteiger partial charge is 0.336 e. The maximum absolute atomic E-state index is 13.7. The highest BCUT2D eigenvalue weighted by molar-refractivity contribution is 9.10. The minimum atomic E-state index is -0.576. The van der Waals surface area contributed by atoms with Crippen LogP contribution in [-0.2, 0) is 4.79 Å². The molecule has 0 aromatic heterocycles. The topological polar surface area (TPSA) is 41.1 Å². The van der Waals surface area contributed by atoms with Gasteiger partial charge in [-0.3, -0.25) is 10.1 Å². The molecule has 1 unspecified atom stereocenters. The Balaban J connectivity index is 1.94. The number of nitrogens with one attached hydrogen (secondary N) is 2. The van der Waals surface area contributed by atoms with Crippen LogP contribution in [0.3, 0.4) is 0 Å². The first-order valence-electron chi connectivity index (χ1n) is 5.64. The van der Waals surface area contributed by atoms with Crippen LogP contribution in [0, 0.1) is 5.82 Å². The fourth-order valence-corrected chi connectivity index (χ4v) is 2.82. The van der Waals surface area contributed by atoms with Crippen LogP contribution in [0.2, 0.25) is 0 Å². The summed E-state index contributed by atoms with van der Waals surface area (Å²) in [5, 5.41) is 6.15. The molecular weight excluding hydrogens is 287 g/mol. The van der Waals surface area contributed by atoms with E-state index in [1.807, 2.05) is 0 Å². The van der Waals surface area contributed by atoms with Gasteiger partial charge in [-0.1, -0.05) is 15.9 Å². The quantitative estimate of drug-likeness (QED) is 0.835. The second kappa shape index (κ2) is 3.78. The zero-order chi connectivity index (χ0) is 12.0. The average Bonchev–Trinajstić information content (AvgIpc) is 2.60. The summed E-state index contributed by atoms with van der Waals surface area (Å²) in [7, 11) is 0. The van der Waals surface area contributed by atoms with E-state index in [0.29, 0.717) is 5.56 Å². The molecule has 0 bridgehead atoms. The van der Waals surface area contributed by atoms with Gasteiger partial charge in [-0.15, -0.1) is 0 Å². The molecule has 0 radical (unpaired) electrons. The molecule has 1 amide bonds. The Morgan fingerprint density at radius 2 is 2.18 bits per heavy atom. The number of hydrogen-bond acceptors (Lipinski definition) is 2. The molecule has 17 heavy (non-hydrogen) atoms. The summed E-state index contributed by atoms with van der Waals surface area (Å²) in [6, 6.07) is 4.09. The molecule has 2 N–H and O–H groups in total. The maximum atomic E-state index is 13.7. The molecule has 90 valence electrons. The summed E-state index contributed by atoms with van der Waals surface area (Å²) < 4.78 is 14.5. The third kappa shape index (κ3) is 1.77. The average molecular weight is 299 g/mol. The molecular formula is C12H12BrFN2O. The van der Waals surface area contributed by atoms with Crippen molar-refractivity contribution in [2.45, 2.75) is 31.0 Å². The van der Waals surface area contributed by atoms with Crippen LogP contribution in [0.4, 0.5) is 4.39 Å². The van der Waals surface area contributed by atoms with E-state index in [9.17, 15) is 9.18 Å². The van der Waals surface area contributed by atoms with E-state index in [4.69, 9.17) is 0 Å². The van der Waals surface area contributed by atoms with Gasteiger partial charge < -0.3 is 5.32 Å². The third-order valence-electron chi connectivity index (χ3n) is 3.52. The number of benzene rings is 1. The van der Waals surface area contributed by atoms with Gasteiger partial charge in [0, 0.05) is 10.0 Å². The van der Waals surface area contributed by atoms with E-state index in [-0.39, 0.29) is 17.4 Å². The van der Waals surface area contributed by atoms with Crippen molar-refractivity contribution >= 4 is 21.8 Å². The van der Waals surface area contributed by atoms with E-state index in [2.05, 4.69) is 26.6 Å². The van der Waals surface area contributed by atoms with Gasteiger partial charge in [0.25, 0.3) is 0 Å². The second-order valence-electron chi connectivity index (χ2n) is 4.67. The highest BCUT2D eigenvalue weighted by atomic mass is 79.9. The number of carbonyl (C=O) groups is 1. The SMILES string of the molecule is O=C1NC2(CCC2)NC1c1cc(Br)ccc1F. The van der Waals surface area contributed by atoms with E-state index < -0.39 is 6.04 Å². The monoisotopic (exact) mass is 298 g/mol. The maximum Gasteiger partial charge on any atom is 0.243 e. The Labute approximate surface area is 107 Å². The molecule has 3 nitrogen and oxygen atoms in total. The summed E-state index contributed by atoms with van der Waals surface area (Å²) in [5.41, 5.74) is 0.122. The molecule has 1 aliphatic carbocycles. The van der Waals surface area contributed by atoms with Gasteiger partial charge >= 0.3 is 0 Å². The molecule has 1 aromatic rings. The number of amides is 1. The summed E-state index contributed by atoms with van der Waals surface area (Å²) >= 11 is 3.30. The summed E-state index contributed by atoms with van der Waals surface area (Å²) in [5.74, 6) is -0.487. The van der Waals surface area contributed by atoms with Crippen molar-refractivity contribution in [2.24, 2.45) is 0 Å². The summed E-state index contributed by atoms with van der Waals surface area (Å²) in [6.07, 6.45) is 2.94. The van der Waals surface area contributed by atoms with Gasteiger partial charge in [-0.05, 0) is 37.5 Å². The van der Waals surface area contributed by atoms with Gasteiger partial charge in [-0.25, -0.2) is 4.39 Å². The fraction of sp³-hybridized carbons (Fsp3) is 0.417. The van der Waals surface area contributed by atoms with Crippen LogP contribution in [0.1, 0.15) is 30.9 Å². The van der Waals surface area contributed by atoms with Crippen LogP contribution in [0.5, 0.6) is 0 Å². The molecule has 1 saturated heterocycles. The number of hydrogen-bond donors (Lipinski definition) is 2. The van der Waals surface area contributed by atoms with Crippen molar-refractivity contribution in [3.05, 3.63) is 34.1 Å².